The molecule has 0 bridgehead atoms. The molecule has 646 valence electrons. The Morgan fingerprint density at radius 2 is 0.936 bits per heavy atom. The number of thioether (sulfide) groups is 2. The summed E-state index contributed by atoms with van der Waals surface area (Å²) in [4.78, 5) is 102. The Labute approximate surface area is 742 Å². The van der Waals surface area contributed by atoms with Gasteiger partial charge in [0.05, 0.1) is 117 Å². The van der Waals surface area contributed by atoms with Crippen LogP contribution in [0.1, 0.15) is 61.7 Å². The Morgan fingerprint density at radius 3 is 1.34 bits per heavy atom. The van der Waals surface area contributed by atoms with Gasteiger partial charge in [0, 0.05) is 42.2 Å². The number of amidine groups is 1. The lowest BCUT2D eigenvalue weighted by atomic mass is 10.2. The number of nitro groups is 5. The first-order chi connectivity index (χ1) is 59.7. The lowest BCUT2D eigenvalue weighted by Gasteiger charge is -2.06. The molecule has 0 saturated heterocycles. The van der Waals surface area contributed by atoms with Crippen molar-refractivity contribution < 1.29 is 63.7 Å². The molecule has 3 aliphatic carbocycles. The molecule has 14 aromatic rings. The van der Waals surface area contributed by atoms with E-state index in [1.165, 1.54) is 151 Å². The largest absolute Gasteiger partial charge is 0.461 e. The summed E-state index contributed by atoms with van der Waals surface area (Å²) in [6.07, 6.45) is 25.1. The van der Waals surface area contributed by atoms with E-state index < -0.39 is 57.0 Å². The second kappa shape index (κ2) is 40.5. The predicted molar refractivity (Wildman–Crippen MR) is 456 cm³/mol. The molecule has 3 fully saturated rings. The maximum Gasteiger partial charge on any atom is 0.433 e. The van der Waals surface area contributed by atoms with E-state index in [4.69, 9.17) is 108 Å². The molecular weight excluding hydrogens is 1850 g/mol. The molecule has 6 N–H and O–H groups in total. The average molecular weight is 1910 g/mol. The van der Waals surface area contributed by atoms with Gasteiger partial charge in [0.25, 0.3) is 0 Å². The molecule has 44 nitrogen and oxygen atoms in total. The molecule has 1 atom stereocenters. The van der Waals surface area contributed by atoms with Crippen LogP contribution in [0.3, 0.4) is 0 Å². The van der Waals surface area contributed by atoms with Crippen molar-refractivity contribution in [2.45, 2.75) is 70.5 Å². The fraction of sp³-hybridized carbons (Fsp3) is 0.197. The molecule has 125 heavy (non-hydrogen) atoms. The number of aromatic amines is 1. The van der Waals surface area contributed by atoms with E-state index >= 15 is 0 Å². The van der Waals surface area contributed by atoms with Crippen molar-refractivity contribution in [1.82, 2.24) is 79.8 Å². The van der Waals surface area contributed by atoms with Gasteiger partial charge in [0.2, 0.25) is 0 Å². The van der Waals surface area contributed by atoms with E-state index in [0.29, 0.717) is 79.2 Å². The summed E-state index contributed by atoms with van der Waals surface area (Å²) in [6.45, 7) is 0.701. The van der Waals surface area contributed by atoms with E-state index in [1.807, 2.05) is 30.7 Å². The highest BCUT2D eigenvalue weighted by Gasteiger charge is 2.31. The van der Waals surface area contributed by atoms with Gasteiger partial charge < -0.3 is 43.3 Å². The Balaban J connectivity index is 0.000000135. The Hall–Kier alpha value is -13.1. The number of furan rings is 6. The zero-order valence-electron chi connectivity index (χ0n) is 64.1. The number of nitrogens with one attached hydrogen (secondary N) is 2. The summed E-state index contributed by atoms with van der Waals surface area (Å²) in [5.74, 6) is 4.76. The number of nitrogens with two attached hydrogens (primary N) is 2. The maximum atomic E-state index is 11.4. The van der Waals surface area contributed by atoms with E-state index in [1.54, 1.807) is 24.6 Å². The van der Waals surface area contributed by atoms with Gasteiger partial charge in [-0.2, -0.15) is 14.9 Å². The zero-order valence-corrected chi connectivity index (χ0v) is 71.9. The van der Waals surface area contributed by atoms with Crippen molar-refractivity contribution in [3.05, 3.63) is 232 Å². The molecule has 0 radical (unpaired) electrons. The average Bonchev–Trinajstić information content (AvgIpc) is 1.65. The normalized spacial score (nSPS) is 13.3. The third-order valence-electron chi connectivity index (χ3n) is 16.7. The van der Waals surface area contributed by atoms with Crippen LogP contribution in [0.4, 0.5) is 46.9 Å². The SMILES string of the molecule is CS(=O)(=O)c1nc(-c2ccc([N+](=O)[O-])o2)ncc1Cl.CS(=O)c1nc(-c2ccc([N+](=O)[O-])o2)ncc1Cl.CSc1nc(-c2ccc([N+](=O)[O-])o2)ncc1Cl.CSc1nc(-c2ccco2)ncc1Cl.Nc1cc(C2CC2)[nH]n1.Nc1cc(C2CC2)nn1-c1nc(-c2ccc([N+](=O)[O-])o2)ncc1Cl.O=[N+]([O-])c1ccc(-c2ncc(Cl)c(NC3=NCC(C4CC4)=C3)n2)o1. The van der Waals surface area contributed by atoms with Crippen LogP contribution in [0.5, 0.6) is 0 Å². The number of hydrogen-bond donors (Lipinski definition) is 4. The number of aromatic nitrogens is 16. The van der Waals surface area contributed by atoms with Gasteiger partial charge in [-0.25, -0.2) is 68.2 Å². The third kappa shape index (κ3) is 24.1. The summed E-state index contributed by atoms with van der Waals surface area (Å²) < 4.78 is 65.9. The molecule has 0 spiro atoms. The zero-order chi connectivity index (χ0) is 89.7. The molecule has 54 heteroatoms. The molecule has 4 aliphatic rings. The minimum atomic E-state index is -3.63. The number of nitrogen functional groups attached to an aromatic ring is 2. The minimum Gasteiger partial charge on any atom is -0.461 e. The van der Waals surface area contributed by atoms with Crippen LogP contribution in [0.25, 0.3) is 75.3 Å². The molecule has 3 saturated carbocycles. The first-order valence-corrected chi connectivity index (χ1v) is 43.6. The van der Waals surface area contributed by atoms with Crippen molar-refractivity contribution in [2.24, 2.45) is 10.9 Å². The monoisotopic (exact) mass is 1900 g/mol. The number of H-pyrrole nitrogens is 1. The number of hydrogen-bond acceptors (Lipinski definition) is 39. The van der Waals surface area contributed by atoms with E-state index in [-0.39, 0.29) is 101 Å². The number of anilines is 3. The van der Waals surface area contributed by atoms with Gasteiger partial charge in [-0.3, -0.25) is 64.9 Å². The van der Waals surface area contributed by atoms with Gasteiger partial charge >= 0.3 is 29.4 Å². The topological polar surface area (TPSA) is 623 Å². The summed E-state index contributed by atoms with van der Waals surface area (Å²) in [5.41, 5.74) is 14.8. The van der Waals surface area contributed by atoms with Crippen LogP contribution in [-0.2, 0) is 20.6 Å². The van der Waals surface area contributed by atoms with Crippen LogP contribution in [0.2, 0.25) is 30.1 Å². The van der Waals surface area contributed by atoms with Crippen LogP contribution in [-0.4, -0.2) is 154 Å². The smallest absolute Gasteiger partial charge is 0.433 e. The fourth-order valence-corrected chi connectivity index (χ4v) is 14.4. The van der Waals surface area contributed by atoms with Crippen LogP contribution >= 0.6 is 93.1 Å². The molecule has 15 heterocycles. The van der Waals surface area contributed by atoms with E-state index in [9.17, 15) is 63.2 Å². The standard InChI is InChI=1S/C15H12ClN5O3.C14H11ClN6O3.C9H6ClN3O5S.C9H6ClN3O4S.C9H6ClN3O3S.C9H7ClN2OS.C6H9N3/c16-10-7-18-15(11-3-4-13(24-11)21(22)23)20-14(10)19-12-5-9(6-17-12)8-1-2-8;15-8-6-17-13(10-3-4-12(24-10)21(22)23)18-14(8)20-11(16)5-9(19-20)7-1-2-7;1-19(16,17)9-5(10)4-11-8(12-9)6-2-3-7(18-6)13(14)15;1-18(16)9-5(10)4-11-8(12-9)6-2-3-7(17-6)13(14)15;1-17-9-5(10)4-11-8(12-9)6-2-3-7(16-6)13(14)15;1-14-9-6(10)5-11-8(12-9)7-3-2-4-13-7;7-6-3-5(8-9-6)4-1-2-4/h3-5,7-8H,1-2,6H2,(H,17,18,19,20);3-7H,1-2,16H2;2-4H,1H3;2-4H,1H3;2-4H,1H3;2-5H,1H3;3-4H,1-2H2,(H3,7,8,9). The summed E-state index contributed by atoms with van der Waals surface area (Å²) in [6, 6.07) is 20.3. The lowest BCUT2D eigenvalue weighted by Crippen LogP contribution is -2.10. The van der Waals surface area contributed by atoms with Gasteiger partial charge in [0.1, 0.15) is 67.2 Å². The van der Waals surface area contributed by atoms with Crippen molar-refractivity contribution in [3.8, 4) is 75.3 Å². The lowest BCUT2D eigenvalue weighted by molar-refractivity contribution is -0.402. The number of sulfone groups is 1. The highest BCUT2D eigenvalue weighted by molar-refractivity contribution is 7.98. The third-order valence-corrected chi connectivity index (χ3v) is 22.1. The number of aliphatic imine (C=N–C) groups is 1. The molecule has 0 aromatic carbocycles. The Kier molecular flexibility index (Phi) is 29.5. The van der Waals surface area contributed by atoms with Crippen molar-refractivity contribution in [3.63, 3.8) is 0 Å². The predicted octanol–water partition coefficient (Wildman–Crippen LogP) is 17.1. The number of nitrogens with zero attached hydrogens (tertiary/aromatic N) is 21. The summed E-state index contributed by atoms with van der Waals surface area (Å²) in [7, 11) is -5.02. The van der Waals surface area contributed by atoms with Crippen molar-refractivity contribution in [2.75, 3.05) is 48.4 Å². The molecule has 0 amide bonds. The first kappa shape index (κ1) is 91.1. The highest BCUT2D eigenvalue weighted by Crippen LogP contribution is 2.43. The molecule has 14 aromatic heterocycles. The van der Waals surface area contributed by atoms with Gasteiger partial charge in [0.15, 0.2) is 96.0 Å². The van der Waals surface area contributed by atoms with Crippen LogP contribution in [0, 0.1) is 56.5 Å². The summed E-state index contributed by atoms with van der Waals surface area (Å²) in [5, 5.41) is 69.9. The van der Waals surface area contributed by atoms with E-state index in [2.05, 4.69) is 85.4 Å². The first-order valence-electron chi connectivity index (χ1n) is 35.4. The maximum absolute atomic E-state index is 11.4. The molecule has 1 unspecified atom stereocenters. The quantitative estimate of drug-likeness (QED) is 0.0238. The molecule has 18 rings (SSSR count). The fourth-order valence-electron chi connectivity index (χ4n) is 10.4. The number of halogens is 6. The van der Waals surface area contributed by atoms with Crippen LogP contribution in [0.15, 0.2) is 192 Å². The van der Waals surface area contributed by atoms with Gasteiger partial charge in [-0.1, -0.05) is 69.6 Å². The number of rotatable bonds is 20. The Bertz CT molecular complexity index is 6570. The minimum absolute atomic E-state index is 0.0201. The molecule has 1 aliphatic heterocycles. The van der Waals surface area contributed by atoms with Crippen molar-refractivity contribution in [1.29, 1.82) is 0 Å². The summed E-state index contributed by atoms with van der Waals surface area (Å²) >= 11 is 38.3. The van der Waals surface area contributed by atoms with Gasteiger partial charge in [-0.15, -0.1) is 23.5 Å². The highest BCUT2D eigenvalue weighted by atomic mass is 35.5. The Morgan fingerprint density at radius 1 is 0.520 bits per heavy atom. The second-order valence-electron chi connectivity index (χ2n) is 25.8. The van der Waals surface area contributed by atoms with Crippen LogP contribution < -0.4 is 16.8 Å². The van der Waals surface area contributed by atoms with Gasteiger partial charge in [-0.05, 0) is 111 Å². The van der Waals surface area contributed by atoms with E-state index in [0.717, 1.165) is 48.0 Å². The molecular formula is C71H57Cl6N25O19S4. The second-order valence-corrected chi connectivity index (χ2v) is 33.0. The van der Waals surface area contributed by atoms with Crippen molar-refractivity contribution >= 4 is 166 Å².